The molecule has 2 nitrogen and oxygen atoms in total. The minimum Gasteiger partial charge on any atom is -0.496 e. The van der Waals surface area contributed by atoms with Gasteiger partial charge in [0.05, 0.1) is 22.7 Å². The average molecular weight is 323 g/mol. The Morgan fingerprint density at radius 2 is 1.81 bits per heavy atom. The van der Waals surface area contributed by atoms with Crippen LogP contribution >= 0.6 is 23.2 Å². The highest BCUT2D eigenvalue weighted by atomic mass is 35.5. The molecule has 21 heavy (non-hydrogen) atoms. The molecule has 0 atom stereocenters. The summed E-state index contributed by atoms with van der Waals surface area (Å²) in [6, 6.07) is 9.07. The highest BCUT2D eigenvalue weighted by molar-refractivity contribution is 6.42. The molecule has 2 rings (SSSR count). The van der Waals surface area contributed by atoms with E-state index >= 15 is 0 Å². The minimum atomic E-state index is 0.00254. The Hall–Kier alpha value is -1.51. The number of methoxy groups -OCH3 is 1. The minimum absolute atomic E-state index is 0.00254. The fraction of sp³-hybridized carbons (Fsp3) is 0.235. The van der Waals surface area contributed by atoms with Gasteiger partial charge in [0, 0.05) is 6.42 Å². The Morgan fingerprint density at radius 3 is 2.43 bits per heavy atom. The Bertz CT molecular complexity index is 693. The monoisotopic (exact) mass is 322 g/mol. The molecule has 0 saturated carbocycles. The summed E-state index contributed by atoms with van der Waals surface area (Å²) < 4.78 is 5.34. The first-order valence-corrected chi connectivity index (χ1v) is 7.30. The van der Waals surface area contributed by atoms with Crippen molar-refractivity contribution in [3.8, 4) is 5.75 Å². The van der Waals surface area contributed by atoms with Crippen molar-refractivity contribution in [3.63, 3.8) is 0 Å². The van der Waals surface area contributed by atoms with Crippen LogP contribution in [0.15, 0.2) is 30.3 Å². The van der Waals surface area contributed by atoms with E-state index in [0.29, 0.717) is 21.4 Å². The molecule has 0 fully saturated rings. The molecule has 110 valence electrons. The van der Waals surface area contributed by atoms with E-state index in [1.54, 1.807) is 19.2 Å². The van der Waals surface area contributed by atoms with Crippen molar-refractivity contribution in [3.05, 3.63) is 62.6 Å². The number of hydrogen-bond donors (Lipinski definition) is 0. The van der Waals surface area contributed by atoms with Crippen LogP contribution in [-0.4, -0.2) is 12.9 Å². The first-order chi connectivity index (χ1) is 9.92. The third-order valence-electron chi connectivity index (χ3n) is 3.29. The van der Waals surface area contributed by atoms with Gasteiger partial charge in [-0.1, -0.05) is 35.3 Å². The number of carbonyl (C=O) groups is 1. The fourth-order valence-electron chi connectivity index (χ4n) is 2.37. The van der Waals surface area contributed by atoms with Crippen LogP contribution < -0.4 is 4.74 Å². The molecule has 0 saturated heterocycles. The van der Waals surface area contributed by atoms with Gasteiger partial charge in [-0.15, -0.1) is 0 Å². The summed E-state index contributed by atoms with van der Waals surface area (Å²) in [7, 11) is 1.57. The Kier molecular flexibility index (Phi) is 4.92. The van der Waals surface area contributed by atoms with E-state index in [4.69, 9.17) is 27.9 Å². The second-order valence-electron chi connectivity index (χ2n) is 5.01. The smallest absolute Gasteiger partial charge is 0.171 e. The van der Waals surface area contributed by atoms with Crippen molar-refractivity contribution in [2.75, 3.05) is 7.11 Å². The van der Waals surface area contributed by atoms with Crippen molar-refractivity contribution in [2.45, 2.75) is 20.3 Å². The molecule has 0 spiro atoms. The fourth-order valence-corrected chi connectivity index (χ4v) is 2.69. The SMILES string of the molecule is COc1cc(C)cc(C)c1C(=O)Cc1ccc(Cl)c(Cl)c1. The zero-order valence-electron chi connectivity index (χ0n) is 12.2. The maximum Gasteiger partial charge on any atom is 0.171 e. The van der Waals surface area contributed by atoms with Gasteiger partial charge in [-0.3, -0.25) is 4.79 Å². The second kappa shape index (κ2) is 6.50. The molecule has 0 radical (unpaired) electrons. The summed E-state index contributed by atoms with van der Waals surface area (Å²) in [5, 5.41) is 0.937. The van der Waals surface area contributed by atoms with Crippen LogP contribution in [0.3, 0.4) is 0 Å². The van der Waals surface area contributed by atoms with Crippen molar-refractivity contribution in [1.82, 2.24) is 0 Å². The maximum atomic E-state index is 12.6. The third kappa shape index (κ3) is 3.58. The highest BCUT2D eigenvalue weighted by Crippen LogP contribution is 2.27. The van der Waals surface area contributed by atoms with E-state index in [0.717, 1.165) is 16.7 Å². The lowest BCUT2D eigenvalue weighted by atomic mass is 9.96. The van der Waals surface area contributed by atoms with Crippen LogP contribution in [0.25, 0.3) is 0 Å². The molecule has 2 aromatic rings. The lowest BCUT2D eigenvalue weighted by Crippen LogP contribution is -2.08. The number of hydrogen-bond acceptors (Lipinski definition) is 2. The number of benzene rings is 2. The van der Waals surface area contributed by atoms with Gasteiger partial charge in [0.15, 0.2) is 5.78 Å². The number of Topliss-reactive ketones (excluding diaryl/α,β-unsaturated/α-hetero) is 1. The quantitative estimate of drug-likeness (QED) is 0.737. The van der Waals surface area contributed by atoms with Crippen LogP contribution in [0.4, 0.5) is 0 Å². The molecule has 0 amide bonds. The molecule has 0 aliphatic heterocycles. The van der Waals surface area contributed by atoms with Gasteiger partial charge < -0.3 is 4.74 Å². The van der Waals surface area contributed by atoms with Crippen molar-refractivity contribution in [1.29, 1.82) is 0 Å². The summed E-state index contributed by atoms with van der Waals surface area (Å²) >= 11 is 11.9. The largest absolute Gasteiger partial charge is 0.496 e. The van der Waals surface area contributed by atoms with Gasteiger partial charge in [-0.2, -0.15) is 0 Å². The van der Waals surface area contributed by atoms with Gasteiger partial charge in [0.1, 0.15) is 5.75 Å². The van der Waals surface area contributed by atoms with E-state index in [1.807, 2.05) is 32.0 Å². The molecular formula is C17H16Cl2O2. The average Bonchev–Trinajstić information content (AvgIpc) is 2.41. The molecule has 4 heteroatoms. The first-order valence-electron chi connectivity index (χ1n) is 6.54. The standard InChI is InChI=1S/C17H16Cl2O2/c1-10-6-11(2)17(16(7-10)21-3)15(20)9-12-4-5-13(18)14(19)8-12/h4-8H,9H2,1-3H3. The van der Waals surface area contributed by atoms with Crippen molar-refractivity contribution < 1.29 is 9.53 Å². The molecule has 0 N–H and O–H groups in total. The molecule has 0 bridgehead atoms. The van der Waals surface area contributed by atoms with Crippen LogP contribution in [0.1, 0.15) is 27.0 Å². The molecule has 0 aliphatic rings. The predicted molar refractivity (Wildman–Crippen MR) is 87.0 cm³/mol. The van der Waals surface area contributed by atoms with Crippen LogP contribution in [0, 0.1) is 13.8 Å². The molecule has 0 aromatic heterocycles. The third-order valence-corrected chi connectivity index (χ3v) is 4.03. The first kappa shape index (κ1) is 15.9. The second-order valence-corrected chi connectivity index (χ2v) is 5.82. The van der Waals surface area contributed by atoms with Crippen LogP contribution in [0.5, 0.6) is 5.75 Å². The lowest BCUT2D eigenvalue weighted by molar-refractivity contribution is 0.0989. The molecular weight excluding hydrogens is 307 g/mol. The molecule has 0 aliphatic carbocycles. The van der Waals surface area contributed by atoms with E-state index in [9.17, 15) is 4.79 Å². The van der Waals surface area contributed by atoms with Gasteiger partial charge >= 0.3 is 0 Å². The number of rotatable bonds is 4. The Morgan fingerprint density at radius 1 is 1.10 bits per heavy atom. The highest BCUT2D eigenvalue weighted by Gasteiger charge is 2.16. The van der Waals surface area contributed by atoms with E-state index < -0.39 is 0 Å². The summed E-state index contributed by atoms with van der Waals surface area (Å²) in [4.78, 5) is 12.6. The van der Waals surface area contributed by atoms with E-state index in [1.165, 1.54) is 0 Å². The molecule has 2 aromatic carbocycles. The van der Waals surface area contributed by atoms with Gasteiger partial charge in [-0.25, -0.2) is 0 Å². The number of ether oxygens (including phenoxy) is 1. The topological polar surface area (TPSA) is 26.3 Å². The molecule has 0 unspecified atom stereocenters. The lowest BCUT2D eigenvalue weighted by Gasteiger charge is -2.12. The zero-order valence-corrected chi connectivity index (χ0v) is 13.7. The summed E-state index contributed by atoms with van der Waals surface area (Å²) in [6.45, 7) is 3.89. The van der Waals surface area contributed by atoms with E-state index in [-0.39, 0.29) is 12.2 Å². The summed E-state index contributed by atoms with van der Waals surface area (Å²) in [5.41, 5.74) is 3.43. The number of halogens is 2. The van der Waals surface area contributed by atoms with Gasteiger partial charge in [0.2, 0.25) is 0 Å². The summed E-state index contributed by atoms with van der Waals surface area (Å²) in [5.74, 6) is 0.611. The van der Waals surface area contributed by atoms with Crippen molar-refractivity contribution >= 4 is 29.0 Å². The van der Waals surface area contributed by atoms with Crippen LogP contribution in [-0.2, 0) is 6.42 Å². The van der Waals surface area contributed by atoms with Crippen molar-refractivity contribution in [2.24, 2.45) is 0 Å². The van der Waals surface area contributed by atoms with Gasteiger partial charge in [0.25, 0.3) is 0 Å². The number of ketones is 1. The molecule has 0 heterocycles. The predicted octanol–water partition coefficient (Wildman–Crippen LogP) is 5.04. The number of carbonyl (C=O) groups excluding carboxylic acids is 1. The maximum absolute atomic E-state index is 12.6. The van der Waals surface area contributed by atoms with E-state index in [2.05, 4.69) is 0 Å². The summed E-state index contributed by atoms with van der Waals surface area (Å²) in [6.07, 6.45) is 0.261. The Balaban J connectivity index is 2.34. The van der Waals surface area contributed by atoms with Gasteiger partial charge in [-0.05, 0) is 48.7 Å². The zero-order chi connectivity index (χ0) is 15.6. The number of aryl methyl sites for hydroxylation is 2. The van der Waals surface area contributed by atoms with Crippen LogP contribution in [0.2, 0.25) is 10.0 Å². The normalized spacial score (nSPS) is 10.5. The Labute approximate surface area is 134 Å².